The Hall–Kier alpha value is -2.45. The third kappa shape index (κ3) is 6.57. The molecule has 2 fully saturated rings. The van der Waals surface area contributed by atoms with E-state index in [0.717, 1.165) is 71.1 Å². The number of ether oxygens (including phenoxy) is 1. The monoisotopic (exact) mass is 476 g/mol. The Morgan fingerprint density at radius 1 is 0.971 bits per heavy atom. The molecular formula is C26H35F3N4O. The molecule has 5 nitrogen and oxygen atoms in total. The predicted molar refractivity (Wildman–Crippen MR) is 131 cm³/mol. The highest BCUT2D eigenvalue weighted by atomic mass is 19.4. The van der Waals surface area contributed by atoms with E-state index in [1.54, 1.807) is 6.07 Å². The molecule has 3 N–H and O–H groups in total. The van der Waals surface area contributed by atoms with E-state index in [1.165, 1.54) is 17.3 Å². The standard InChI is InChI=1S/C26H35F3N4O/c1-19-2-7-22(8-3-19)33-14-12-32(13-15-33)16-17-34-23-9-4-20(5-10-23)31-21-6-11-25(30)24(18-21)26(27,28)29/h2-3,6-8,11,18,20,23,31H,4-5,9-10,12-17,30H2,1H3. The highest BCUT2D eigenvalue weighted by Crippen LogP contribution is 2.35. The summed E-state index contributed by atoms with van der Waals surface area (Å²) < 4.78 is 45.4. The van der Waals surface area contributed by atoms with Crippen molar-refractivity contribution in [2.75, 3.05) is 55.3 Å². The summed E-state index contributed by atoms with van der Waals surface area (Å²) in [5, 5.41) is 3.25. The molecule has 0 amide bonds. The van der Waals surface area contributed by atoms with Gasteiger partial charge in [-0.15, -0.1) is 0 Å². The topological polar surface area (TPSA) is 53.8 Å². The Kier molecular flexibility index (Phi) is 7.88. The number of aryl methyl sites for hydroxylation is 1. The lowest BCUT2D eigenvalue weighted by Gasteiger charge is -2.36. The summed E-state index contributed by atoms with van der Waals surface area (Å²) in [5.41, 5.74) is 7.51. The number of alkyl halides is 3. The molecule has 1 aliphatic heterocycles. The van der Waals surface area contributed by atoms with Crippen LogP contribution in [0.5, 0.6) is 0 Å². The Labute approximate surface area is 200 Å². The quantitative estimate of drug-likeness (QED) is 0.541. The van der Waals surface area contributed by atoms with Gasteiger partial charge in [0.2, 0.25) is 0 Å². The van der Waals surface area contributed by atoms with E-state index in [-0.39, 0.29) is 17.8 Å². The van der Waals surface area contributed by atoms with Gasteiger partial charge in [-0.05, 0) is 62.9 Å². The number of nitrogens with two attached hydrogens (primary N) is 1. The van der Waals surface area contributed by atoms with Gasteiger partial charge in [0.25, 0.3) is 0 Å². The van der Waals surface area contributed by atoms with E-state index in [0.29, 0.717) is 5.69 Å². The van der Waals surface area contributed by atoms with Crippen LogP contribution in [0.1, 0.15) is 36.8 Å². The minimum absolute atomic E-state index is 0.152. The molecule has 1 saturated carbocycles. The van der Waals surface area contributed by atoms with Gasteiger partial charge in [0, 0.05) is 55.8 Å². The second-order valence-corrected chi connectivity index (χ2v) is 9.45. The van der Waals surface area contributed by atoms with Crippen molar-refractivity contribution in [1.29, 1.82) is 0 Å². The van der Waals surface area contributed by atoms with Gasteiger partial charge >= 0.3 is 6.18 Å². The molecule has 0 aromatic heterocycles. The van der Waals surface area contributed by atoms with Gasteiger partial charge in [-0.3, -0.25) is 4.90 Å². The van der Waals surface area contributed by atoms with Crippen LogP contribution in [0.2, 0.25) is 0 Å². The van der Waals surface area contributed by atoms with Gasteiger partial charge in [0.1, 0.15) is 0 Å². The summed E-state index contributed by atoms with van der Waals surface area (Å²) in [6, 6.07) is 12.9. The SMILES string of the molecule is Cc1ccc(N2CCN(CCOC3CCC(Nc4ccc(N)c(C(F)(F)F)c4)CC3)CC2)cc1. The highest BCUT2D eigenvalue weighted by Gasteiger charge is 2.33. The minimum Gasteiger partial charge on any atom is -0.398 e. The zero-order valence-electron chi connectivity index (χ0n) is 19.8. The summed E-state index contributed by atoms with van der Waals surface area (Å²) in [5.74, 6) is 0. The number of hydrogen-bond donors (Lipinski definition) is 2. The van der Waals surface area contributed by atoms with Crippen LogP contribution in [0.25, 0.3) is 0 Å². The maximum atomic E-state index is 13.1. The summed E-state index contributed by atoms with van der Waals surface area (Å²) in [4.78, 5) is 4.89. The fraction of sp³-hybridized carbons (Fsp3) is 0.538. The summed E-state index contributed by atoms with van der Waals surface area (Å²) in [6.45, 7) is 7.90. The lowest BCUT2D eigenvalue weighted by atomic mass is 9.92. The van der Waals surface area contributed by atoms with Crippen LogP contribution < -0.4 is 16.0 Å². The number of anilines is 3. The maximum absolute atomic E-state index is 13.1. The lowest BCUT2D eigenvalue weighted by molar-refractivity contribution is -0.136. The maximum Gasteiger partial charge on any atom is 0.418 e. The molecule has 0 radical (unpaired) electrons. The zero-order chi connectivity index (χ0) is 24.1. The van der Waals surface area contributed by atoms with Gasteiger partial charge in [-0.25, -0.2) is 0 Å². The second kappa shape index (κ2) is 10.9. The normalized spacial score (nSPS) is 22.1. The van der Waals surface area contributed by atoms with E-state index < -0.39 is 11.7 Å². The molecule has 186 valence electrons. The van der Waals surface area contributed by atoms with Crippen LogP contribution >= 0.6 is 0 Å². The number of piperazine rings is 1. The summed E-state index contributed by atoms with van der Waals surface area (Å²) in [6.07, 6.45) is -0.623. The lowest BCUT2D eigenvalue weighted by Crippen LogP contribution is -2.47. The van der Waals surface area contributed by atoms with E-state index >= 15 is 0 Å². The number of halogens is 3. The van der Waals surface area contributed by atoms with Gasteiger partial charge in [0.15, 0.2) is 0 Å². The van der Waals surface area contributed by atoms with Crippen molar-refractivity contribution in [3.8, 4) is 0 Å². The molecule has 8 heteroatoms. The number of nitrogens with one attached hydrogen (secondary N) is 1. The molecule has 1 saturated heterocycles. The van der Waals surface area contributed by atoms with Gasteiger partial charge in [-0.2, -0.15) is 13.2 Å². The first-order valence-corrected chi connectivity index (χ1v) is 12.2. The Morgan fingerprint density at radius 2 is 1.65 bits per heavy atom. The number of benzene rings is 2. The van der Waals surface area contributed by atoms with Crippen LogP contribution in [0.3, 0.4) is 0 Å². The van der Waals surface area contributed by atoms with Crippen LogP contribution in [0.15, 0.2) is 42.5 Å². The smallest absolute Gasteiger partial charge is 0.398 e. The predicted octanol–water partition coefficient (Wildman–Crippen LogP) is 5.16. The van der Waals surface area contributed by atoms with E-state index in [4.69, 9.17) is 10.5 Å². The fourth-order valence-electron chi connectivity index (χ4n) is 4.83. The van der Waals surface area contributed by atoms with Crippen LogP contribution in [-0.4, -0.2) is 56.4 Å². The average molecular weight is 477 g/mol. The molecule has 1 heterocycles. The summed E-state index contributed by atoms with van der Waals surface area (Å²) in [7, 11) is 0. The Bertz CT molecular complexity index is 919. The minimum atomic E-state index is -4.44. The first kappa shape index (κ1) is 24.7. The summed E-state index contributed by atoms with van der Waals surface area (Å²) >= 11 is 0. The second-order valence-electron chi connectivity index (χ2n) is 9.45. The largest absolute Gasteiger partial charge is 0.418 e. The molecule has 0 unspecified atom stereocenters. The van der Waals surface area contributed by atoms with Crippen molar-refractivity contribution in [2.24, 2.45) is 0 Å². The third-order valence-electron chi connectivity index (χ3n) is 6.94. The molecule has 4 rings (SSSR count). The van der Waals surface area contributed by atoms with Crippen LogP contribution in [0.4, 0.5) is 30.2 Å². The van der Waals surface area contributed by atoms with Crippen molar-refractivity contribution < 1.29 is 17.9 Å². The van der Waals surface area contributed by atoms with Crippen molar-refractivity contribution in [2.45, 2.75) is 50.9 Å². The number of hydrogen-bond acceptors (Lipinski definition) is 5. The van der Waals surface area contributed by atoms with E-state index in [1.807, 2.05) is 0 Å². The van der Waals surface area contributed by atoms with Crippen molar-refractivity contribution in [3.63, 3.8) is 0 Å². The average Bonchev–Trinajstić information content (AvgIpc) is 2.82. The first-order chi connectivity index (χ1) is 16.3. The first-order valence-electron chi connectivity index (χ1n) is 12.2. The number of rotatable bonds is 7. The Morgan fingerprint density at radius 3 is 2.29 bits per heavy atom. The van der Waals surface area contributed by atoms with Crippen molar-refractivity contribution in [3.05, 3.63) is 53.6 Å². The van der Waals surface area contributed by atoms with Gasteiger partial charge in [-0.1, -0.05) is 17.7 Å². The molecule has 0 atom stereocenters. The van der Waals surface area contributed by atoms with Crippen LogP contribution in [-0.2, 0) is 10.9 Å². The van der Waals surface area contributed by atoms with Gasteiger partial charge in [0.05, 0.1) is 18.3 Å². The highest BCUT2D eigenvalue weighted by molar-refractivity contribution is 5.58. The van der Waals surface area contributed by atoms with Gasteiger partial charge < -0.3 is 20.7 Å². The molecule has 34 heavy (non-hydrogen) atoms. The van der Waals surface area contributed by atoms with Crippen molar-refractivity contribution in [1.82, 2.24) is 4.90 Å². The zero-order valence-corrected chi connectivity index (χ0v) is 19.8. The van der Waals surface area contributed by atoms with Crippen LogP contribution in [0, 0.1) is 6.92 Å². The molecule has 2 aromatic rings. The number of nitrogens with zero attached hydrogens (tertiary/aromatic N) is 2. The van der Waals surface area contributed by atoms with Crippen molar-refractivity contribution >= 4 is 17.1 Å². The third-order valence-corrected chi connectivity index (χ3v) is 6.94. The van der Waals surface area contributed by atoms with E-state index in [9.17, 15) is 13.2 Å². The molecule has 0 bridgehead atoms. The molecule has 0 spiro atoms. The molecule has 2 aliphatic rings. The van der Waals surface area contributed by atoms with E-state index in [2.05, 4.69) is 46.3 Å². The molecule has 2 aromatic carbocycles. The Balaban J connectivity index is 1.14. The molecule has 1 aliphatic carbocycles. The fourth-order valence-corrected chi connectivity index (χ4v) is 4.83. The number of nitrogen functional groups attached to an aromatic ring is 1. The molecular weight excluding hydrogens is 441 g/mol.